The van der Waals surface area contributed by atoms with E-state index in [-0.39, 0.29) is 11.7 Å². The molecule has 1 fully saturated rings. The molecule has 0 aromatic heterocycles. The summed E-state index contributed by atoms with van der Waals surface area (Å²) < 4.78 is 28.7. The molecule has 21 heavy (non-hydrogen) atoms. The van der Waals surface area contributed by atoms with Gasteiger partial charge in [0.25, 0.3) is 5.91 Å². The monoisotopic (exact) mass is 299 g/mol. The number of halogens is 2. The molecule has 0 atom stereocenters. The van der Waals surface area contributed by atoms with Crippen LogP contribution in [0.3, 0.4) is 0 Å². The lowest BCUT2D eigenvalue weighted by molar-refractivity contribution is -0.0499. The van der Waals surface area contributed by atoms with E-state index in [0.717, 1.165) is 19.6 Å². The molecular weight excluding hydrogens is 280 g/mol. The molecule has 7 heteroatoms. The van der Waals surface area contributed by atoms with Gasteiger partial charge in [-0.2, -0.15) is 8.78 Å². The first-order valence-corrected chi connectivity index (χ1v) is 6.86. The van der Waals surface area contributed by atoms with E-state index in [4.69, 9.17) is 5.73 Å². The minimum atomic E-state index is -2.89. The molecule has 2 N–H and O–H groups in total. The number of ether oxygens (including phenoxy) is 1. The van der Waals surface area contributed by atoms with Crippen molar-refractivity contribution in [2.45, 2.75) is 6.61 Å². The van der Waals surface area contributed by atoms with E-state index in [0.29, 0.717) is 25.2 Å². The van der Waals surface area contributed by atoms with Crippen molar-refractivity contribution in [2.24, 2.45) is 5.73 Å². The van der Waals surface area contributed by atoms with Crippen molar-refractivity contribution in [1.29, 1.82) is 0 Å². The summed E-state index contributed by atoms with van der Waals surface area (Å²) in [5.74, 6) is -0.167. The number of amides is 1. The number of nitrogens with zero attached hydrogens (tertiary/aromatic N) is 2. The highest BCUT2D eigenvalue weighted by atomic mass is 19.3. The minimum Gasteiger partial charge on any atom is -0.435 e. The summed E-state index contributed by atoms with van der Waals surface area (Å²) in [7, 11) is 0. The lowest BCUT2D eigenvalue weighted by Gasteiger charge is -2.34. The molecule has 5 nitrogen and oxygen atoms in total. The van der Waals surface area contributed by atoms with Gasteiger partial charge in [-0.3, -0.25) is 9.69 Å². The molecule has 1 aliphatic rings. The van der Waals surface area contributed by atoms with Gasteiger partial charge in [-0.15, -0.1) is 0 Å². The van der Waals surface area contributed by atoms with Crippen LogP contribution in [-0.2, 0) is 0 Å². The van der Waals surface area contributed by atoms with Gasteiger partial charge in [0, 0.05) is 44.8 Å². The number of hydrogen-bond donors (Lipinski definition) is 1. The summed E-state index contributed by atoms with van der Waals surface area (Å²) in [4.78, 5) is 16.3. The fourth-order valence-corrected chi connectivity index (χ4v) is 2.35. The molecule has 0 radical (unpaired) electrons. The van der Waals surface area contributed by atoms with Crippen molar-refractivity contribution >= 4 is 5.91 Å². The van der Waals surface area contributed by atoms with Gasteiger partial charge in [-0.1, -0.05) is 6.07 Å². The van der Waals surface area contributed by atoms with Gasteiger partial charge in [0.1, 0.15) is 5.75 Å². The summed E-state index contributed by atoms with van der Waals surface area (Å²) in [5.41, 5.74) is 5.87. The Morgan fingerprint density at radius 1 is 1.29 bits per heavy atom. The van der Waals surface area contributed by atoms with Gasteiger partial charge >= 0.3 is 6.61 Å². The van der Waals surface area contributed by atoms with Crippen molar-refractivity contribution in [3.63, 3.8) is 0 Å². The van der Waals surface area contributed by atoms with E-state index in [1.165, 1.54) is 18.2 Å². The molecule has 1 heterocycles. The number of alkyl halides is 2. The highest BCUT2D eigenvalue weighted by molar-refractivity contribution is 5.94. The molecule has 0 aliphatic carbocycles. The first-order valence-electron chi connectivity index (χ1n) is 6.86. The molecule has 0 bridgehead atoms. The highest BCUT2D eigenvalue weighted by Crippen LogP contribution is 2.18. The van der Waals surface area contributed by atoms with Crippen molar-refractivity contribution in [1.82, 2.24) is 9.80 Å². The molecule has 2 rings (SSSR count). The topological polar surface area (TPSA) is 58.8 Å². The van der Waals surface area contributed by atoms with Crippen molar-refractivity contribution in [3.8, 4) is 5.75 Å². The summed E-state index contributed by atoms with van der Waals surface area (Å²) in [6, 6.07) is 5.89. The van der Waals surface area contributed by atoms with Crippen LogP contribution in [-0.4, -0.2) is 61.6 Å². The van der Waals surface area contributed by atoms with Crippen LogP contribution in [0.1, 0.15) is 10.4 Å². The van der Waals surface area contributed by atoms with E-state index in [1.54, 1.807) is 11.0 Å². The SMILES string of the molecule is NCCN1CCN(C(=O)c2cccc(OC(F)F)c2)CC1. The van der Waals surface area contributed by atoms with Crippen LogP contribution in [0.2, 0.25) is 0 Å². The smallest absolute Gasteiger partial charge is 0.387 e. The predicted octanol–water partition coefficient (Wildman–Crippen LogP) is 1.00. The van der Waals surface area contributed by atoms with E-state index in [1.807, 2.05) is 0 Å². The highest BCUT2D eigenvalue weighted by Gasteiger charge is 2.22. The van der Waals surface area contributed by atoms with Gasteiger partial charge in [0.05, 0.1) is 0 Å². The number of nitrogens with two attached hydrogens (primary N) is 1. The molecule has 0 unspecified atom stereocenters. The molecule has 1 saturated heterocycles. The lowest BCUT2D eigenvalue weighted by Crippen LogP contribution is -2.49. The molecule has 1 aliphatic heterocycles. The number of rotatable bonds is 5. The summed E-state index contributed by atoms with van der Waals surface area (Å²) >= 11 is 0. The third kappa shape index (κ3) is 4.37. The maximum atomic E-state index is 12.3. The number of piperazine rings is 1. The lowest BCUT2D eigenvalue weighted by atomic mass is 10.1. The molecule has 1 aromatic carbocycles. The Balaban J connectivity index is 1.97. The van der Waals surface area contributed by atoms with Crippen LogP contribution in [0.25, 0.3) is 0 Å². The maximum Gasteiger partial charge on any atom is 0.387 e. The van der Waals surface area contributed by atoms with Crippen LogP contribution < -0.4 is 10.5 Å². The Bertz CT molecular complexity index is 477. The largest absolute Gasteiger partial charge is 0.435 e. The predicted molar refractivity (Wildman–Crippen MR) is 74.5 cm³/mol. The average molecular weight is 299 g/mol. The van der Waals surface area contributed by atoms with Gasteiger partial charge in [0.15, 0.2) is 0 Å². The first-order chi connectivity index (χ1) is 10.1. The van der Waals surface area contributed by atoms with Crippen LogP contribution in [0, 0.1) is 0 Å². The molecule has 1 amide bonds. The fraction of sp³-hybridized carbons (Fsp3) is 0.500. The van der Waals surface area contributed by atoms with Crippen LogP contribution in [0.5, 0.6) is 5.75 Å². The Morgan fingerprint density at radius 2 is 2.00 bits per heavy atom. The van der Waals surface area contributed by atoms with E-state index in [9.17, 15) is 13.6 Å². The second-order valence-electron chi connectivity index (χ2n) is 4.83. The number of benzene rings is 1. The Kier molecular flexibility index (Phi) is 5.46. The standard InChI is InChI=1S/C14H19F2N3O2/c15-14(16)21-12-3-1-2-11(10-12)13(20)19-8-6-18(5-4-17)7-9-19/h1-3,10,14H,4-9,17H2. The number of carbonyl (C=O) groups is 1. The normalized spacial score (nSPS) is 16.3. The van der Waals surface area contributed by atoms with Crippen LogP contribution in [0.4, 0.5) is 8.78 Å². The zero-order chi connectivity index (χ0) is 15.2. The summed E-state index contributed by atoms with van der Waals surface area (Å²) in [5, 5.41) is 0. The van der Waals surface area contributed by atoms with Crippen molar-refractivity contribution < 1.29 is 18.3 Å². The minimum absolute atomic E-state index is 0.00221. The fourth-order valence-electron chi connectivity index (χ4n) is 2.35. The number of carbonyl (C=O) groups excluding carboxylic acids is 1. The van der Waals surface area contributed by atoms with Gasteiger partial charge < -0.3 is 15.4 Å². The zero-order valence-electron chi connectivity index (χ0n) is 11.7. The second kappa shape index (κ2) is 7.33. The van der Waals surface area contributed by atoms with Gasteiger partial charge in [-0.25, -0.2) is 0 Å². The van der Waals surface area contributed by atoms with Gasteiger partial charge in [0.2, 0.25) is 0 Å². The average Bonchev–Trinajstić information content (AvgIpc) is 2.47. The second-order valence-corrected chi connectivity index (χ2v) is 4.83. The molecule has 116 valence electrons. The van der Waals surface area contributed by atoms with E-state index < -0.39 is 6.61 Å². The zero-order valence-corrected chi connectivity index (χ0v) is 11.7. The number of hydrogen-bond acceptors (Lipinski definition) is 4. The third-order valence-corrected chi connectivity index (χ3v) is 3.41. The Morgan fingerprint density at radius 3 is 2.62 bits per heavy atom. The van der Waals surface area contributed by atoms with Crippen molar-refractivity contribution in [2.75, 3.05) is 39.3 Å². The van der Waals surface area contributed by atoms with Crippen LogP contribution in [0.15, 0.2) is 24.3 Å². The van der Waals surface area contributed by atoms with Gasteiger partial charge in [-0.05, 0) is 18.2 Å². The Labute approximate surface area is 122 Å². The van der Waals surface area contributed by atoms with Crippen molar-refractivity contribution in [3.05, 3.63) is 29.8 Å². The quantitative estimate of drug-likeness (QED) is 0.881. The van der Waals surface area contributed by atoms with E-state index in [2.05, 4.69) is 9.64 Å². The summed E-state index contributed by atoms with van der Waals surface area (Å²) in [6.07, 6.45) is 0. The molecule has 0 saturated carbocycles. The molecule has 0 spiro atoms. The van der Waals surface area contributed by atoms with E-state index >= 15 is 0 Å². The first kappa shape index (κ1) is 15.7. The maximum absolute atomic E-state index is 12.3. The molecule has 1 aromatic rings. The third-order valence-electron chi connectivity index (χ3n) is 3.41. The van der Waals surface area contributed by atoms with Crippen LogP contribution >= 0.6 is 0 Å². The molecular formula is C14H19F2N3O2. The summed E-state index contributed by atoms with van der Waals surface area (Å²) in [6.45, 7) is 1.29. The Hall–Kier alpha value is -1.73.